The van der Waals surface area contributed by atoms with Crippen LogP contribution in [0, 0.1) is 0 Å². The normalized spacial score (nSPS) is 13.8. The quantitative estimate of drug-likeness (QED) is 0.0258. The lowest BCUT2D eigenvalue weighted by Crippen LogP contribution is -2.45. The van der Waals surface area contributed by atoms with Gasteiger partial charge in [0.15, 0.2) is 0 Å². The van der Waals surface area contributed by atoms with E-state index in [4.69, 9.17) is 21.1 Å². The summed E-state index contributed by atoms with van der Waals surface area (Å²) in [5, 5.41) is 0. The zero-order valence-electron chi connectivity index (χ0n) is 51.3. The maximum Gasteiger partial charge on any atom is 0.307 e. The highest BCUT2D eigenvalue weighted by molar-refractivity contribution is 6.18. The molecular weight excluding hydrogens is 972 g/mol. The Morgan fingerprint density at radius 2 is 0.740 bits per heavy atom. The maximum atomic E-state index is 12.6. The summed E-state index contributed by atoms with van der Waals surface area (Å²) >= 11 is 6.16. The van der Waals surface area contributed by atoms with Crippen LogP contribution < -0.4 is 0 Å². The maximum absolute atomic E-state index is 12.6. The number of carbonyl (C=O) groups is 2. The number of hydrogen-bond acceptors (Lipinski definition) is 8. The molecule has 8 nitrogen and oxygen atoms in total. The first-order valence-corrected chi connectivity index (χ1v) is 33.8. The van der Waals surface area contributed by atoms with Gasteiger partial charge in [0, 0.05) is 58.1 Å². The standard InChI is InChI=1S/C68H127ClN4O4/c1-4-6-8-10-12-14-16-18-20-22-24-26-28-34-40-46-54-71(59-53-69)55-47-41-37-32-33-39-45-51-67(74)76-65-50-44-38-31-30-36-43-49-57-72(64-66-77-68(75)52-58-73-62-60-70(3)61-63-73)56-48-42-35-29-27-25-23-21-19-17-15-13-11-9-7-5-2/h12-15,18-21H,4-11,16-17,22-66H2,1-3H3/b14-12-,15-13-,20-18-,21-19-. The highest BCUT2D eigenvalue weighted by Gasteiger charge is 2.16. The van der Waals surface area contributed by atoms with Crippen LogP contribution in [0.25, 0.3) is 0 Å². The summed E-state index contributed by atoms with van der Waals surface area (Å²) < 4.78 is 11.3. The third-order valence-corrected chi connectivity index (χ3v) is 15.8. The number of nitrogens with zero attached hydrogens (tertiary/aromatic N) is 4. The van der Waals surface area contributed by atoms with Crippen LogP contribution in [0.5, 0.6) is 0 Å². The van der Waals surface area contributed by atoms with Gasteiger partial charge in [-0.25, -0.2) is 0 Å². The number of halogens is 1. The first-order chi connectivity index (χ1) is 38.0. The Hall–Kier alpha value is -1.97. The van der Waals surface area contributed by atoms with Gasteiger partial charge in [-0.3, -0.25) is 14.5 Å². The van der Waals surface area contributed by atoms with Crippen molar-refractivity contribution in [2.24, 2.45) is 0 Å². The van der Waals surface area contributed by atoms with Crippen LogP contribution in [0.1, 0.15) is 277 Å². The molecular formula is C68H127ClN4O4. The second-order valence-electron chi connectivity index (χ2n) is 22.9. The molecule has 450 valence electrons. The van der Waals surface area contributed by atoms with Gasteiger partial charge < -0.3 is 24.2 Å². The van der Waals surface area contributed by atoms with Gasteiger partial charge in [-0.05, 0) is 136 Å². The predicted molar refractivity (Wildman–Crippen MR) is 337 cm³/mol. The molecule has 1 saturated heterocycles. The molecule has 0 N–H and O–H groups in total. The van der Waals surface area contributed by atoms with E-state index in [1.807, 2.05) is 0 Å². The average Bonchev–Trinajstić information content (AvgIpc) is 3.43. The molecule has 0 aromatic carbocycles. The molecule has 1 rings (SSSR count). The Labute approximate surface area is 483 Å². The van der Waals surface area contributed by atoms with E-state index in [0.29, 0.717) is 26.1 Å². The summed E-state index contributed by atoms with van der Waals surface area (Å²) in [5.74, 6) is 0.669. The first kappa shape index (κ1) is 73.0. The van der Waals surface area contributed by atoms with Crippen molar-refractivity contribution in [2.75, 3.05) is 98.1 Å². The SMILES string of the molecule is CCCCC/C=C\C/C=C\CCCCCCCCN(CCCl)CCCCCCCCCC(=O)OCCCCCCCCCCN(CCCCCCCC/C=C\C/C=C\CCCCC)CCOC(=O)CCN1CCN(C)CC1. The molecule has 0 aliphatic carbocycles. The fraction of sp³-hybridized carbons (Fsp3) is 0.853. The second kappa shape index (κ2) is 60.1. The number of carbonyl (C=O) groups excluding carboxylic acids is 2. The molecule has 0 atom stereocenters. The van der Waals surface area contributed by atoms with Gasteiger partial charge in [0.1, 0.15) is 6.61 Å². The monoisotopic (exact) mass is 1100 g/mol. The molecule has 1 fully saturated rings. The van der Waals surface area contributed by atoms with E-state index in [1.165, 1.54) is 225 Å². The van der Waals surface area contributed by atoms with Crippen molar-refractivity contribution >= 4 is 23.5 Å². The fourth-order valence-electron chi connectivity index (χ4n) is 10.4. The smallest absolute Gasteiger partial charge is 0.307 e. The zero-order chi connectivity index (χ0) is 55.4. The summed E-state index contributed by atoms with van der Waals surface area (Å²) in [4.78, 5) is 34.8. The first-order valence-electron chi connectivity index (χ1n) is 33.3. The van der Waals surface area contributed by atoms with Crippen molar-refractivity contribution in [1.29, 1.82) is 0 Å². The largest absolute Gasteiger partial charge is 0.466 e. The highest BCUT2D eigenvalue weighted by Crippen LogP contribution is 2.15. The fourth-order valence-corrected chi connectivity index (χ4v) is 10.6. The van der Waals surface area contributed by atoms with E-state index < -0.39 is 0 Å². The molecule has 0 radical (unpaired) electrons. The molecule has 0 saturated carbocycles. The number of hydrogen-bond donors (Lipinski definition) is 0. The van der Waals surface area contributed by atoms with Gasteiger partial charge in [-0.2, -0.15) is 0 Å². The molecule has 0 amide bonds. The van der Waals surface area contributed by atoms with Crippen LogP contribution in [-0.2, 0) is 19.1 Å². The van der Waals surface area contributed by atoms with Gasteiger partial charge >= 0.3 is 11.9 Å². The van der Waals surface area contributed by atoms with E-state index >= 15 is 0 Å². The van der Waals surface area contributed by atoms with Crippen molar-refractivity contribution in [3.05, 3.63) is 48.6 Å². The lowest BCUT2D eigenvalue weighted by atomic mass is 10.1. The molecule has 0 bridgehead atoms. The number of likely N-dealkylation sites (N-methyl/N-ethyl adjacent to an activating group) is 1. The van der Waals surface area contributed by atoms with Gasteiger partial charge in [-0.15, -0.1) is 11.6 Å². The van der Waals surface area contributed by atoms with Gasteiger partial charge in [0.2, 0.25) is 0 Å². The number of rotatable bonds is 59. The molecule has 0 unspecified atom stereocenters. The Kier molecular flexibility index (Phi) is 57.0. The van der Waals surface area contributed by atoms with Crippen LogP contribution in [0.2, 0.25) is 0 Å². The van der Waals surface area contributed by atoms with E-state index in [0.717, 1.165) is 103 Å². The van der Waals surface area contributed by atoms with Gasteiger partial charge in [0.25, 0.3) is 0 Å². The molecule has 1 aliphatic rings. The molecule has 0 aromatic heterocycles. The van der Waals surface area contributed by atoms with Crippen LogP contribution >= 0.6 is 11.6 Å². The molecule has 9 heteroatoms. The number of ether oxygens (including phenoxy) is 2. The van der Waals surface area contributed by atoms with Gasteiger partial charge in [-0.1, -0.05) is 210 Å². The number of allylic oxidation sites excluding steroid dienone is 8. The van der Waals surface area contributed by atoms with Gasteiger partial charge in [0.05, 0.1) is 13.0 Å². The number of unbranched alkanes of at least 4 members (excludes halogenated alkanes) is 31. The van der Waals surface area contributed by atoms with Crippen molar-refractivity contribution in [3.8, 4) is 0 Å². The molecule has 1 aliphatic heterocycles. The molecule has 77 heavy (non-hydrogen) atoms. The van der Waals surface area contributed by atoms with Crippen LogP contribution in [0.4, 0.5) is 0 Å². The zero-order valence-corrected chi connectivity index (χ0v) is 52.1. The summed E-state index contributed by atoms with van der Waals surface area (Å²) in [6, 6.07) is 0. The van der Waals surface area contributed by atoms with Crippen molar-refractivity contribution in [3.63, 3.8) is 0 Å². The summed E-state index contributed by atoms with van der Waals surface area (Å²) in [6.07, 6.45) is 68.7. The van der Waals surface area contributed by atoms with Crippen LogP contribution in [0.15, 0.2) is 48.6 Å². The summed E-state index contributed by atoms with van der Waals surface area (Å²) in [5.41, 5.74) is 0. The van der Waals surface area contributed by atoms with E-state index in [-0.39, 0.29) is 11.9 Å². The number of alkyl halides is 1. The third kappa shape index (κ3) is 54.4. The molecule has 0 aromatic rings. The predicted octanol–water partition coefficient (Wildman–Crippen LogP) is 18.4. The summed E-state index contributed by atoms with van der Waals surface area (Å²) in [6.45, 7) is 17.1. The average molecular weight is 1100 g/mol. The highest BCUT2D eigenvalue weighted by atomic mass is 35.5. The minimum atomic E-state index is -0.0482. The lowest BCUT2D eigenvalue weighted by Gasteiger charge is -2.32. The Balaban J connectivity index is 2.06. The lowest BCUT2D eigenvalue weighted by molar-refractivity contribution is -0.145. The minimum Gasteiger partial charge on any atom is -0.466 e. The molecule has 0 spiro atoms. The van der Waals surface area contributed by atoms with Crippen LogP contribution in [0.3, 0.4) is 0 Å². The second-order valence-corrected chi connectivity index (χ2v) is 23.3. The van der Waals surface area contributed by atoms with Crippen LogP contribution in [-0.4, -0.2) is 130 Å². The third-order valence-electron chi connectivity index (χ3n) is 15.6. The topological polar surface area (TPSA) is 65.6 Å². The van der Waals surface area contributed by atoms with Crippen molar-refractivity contribution < 1.29 is 19.1 Å². The number of esters is 2. The van der Waals surface area contributed by atoms with Crippen molar-refractivity contribution in [2.45, 2.75) is 277 Å². The Bertz CT molecular complexity index is 1370. The summed E-state index contributed by atoms with van der Waals surface area (Å²) in [7, 11) is 2.17. The Morgan fingerprint density at radius 3 is 1.17 bits per heavy atom. The van der Waals surface area contributed by atoms with E-state index in [9.17, 15) is 9.59 Å². The molecule has 1 heterocycles. The van der Waals surface area contributed by atoms with Crippen molar-refractivity contribution in [1.82, 2.24) is 19.6 Å². The minimum absolute atomic E-state index is 0.0105. The van der Waals surface area contributed by atoms with E-state index in [2.05, 4.69) is 89.1 Å². The number of piperazine rings is 1. The Morgan fingerprint density at radius 1 is 0.390 bits per heavy atom. The van der Waals surface area contributed by atoms with E-state index in [1.54, 1.807) is 0 Å².